The van der Waals surface area contributed by atoms with Crippen LogP contribution in [0.25, 0.3) is 10.2 Å². The lowest BCUT2D eigenvalue weighted by Gasteiger charge is -2.33. The molecule has 0 bridgehead atoms. The fourth-order valence-corrected chi connectivity index (χ4v) is 5.20. The highest BCUT2D eigenvalue weighted by Gasteiger charge is 2.32. The van der Waals surface area contributed by atoms with Crippen molar-refractivity contribution in [2.24, 2.45) is 11.3 Å². The van der Waals surface area contributed by atoms with E-state index in [1.54, 1.807) is 0 Å². The zero-order chi connectivity index (χ0) is 14.8. The Balaban J connectivity index is 1.81. The number of rotatable bonds is 1. The molecular formula is C17H22N2S2. The van der Waals surface area contributed by atoms with E-state index < -0.39 is 0 Å². The predicted molar refractivity (Wildman–Crippen MR) is 91.7 cm³/mol. The molecule has 4 rings (SSSR count). The molecule has 112 valence electrons. The summed E-state index contributed by atoms with van der Waals surface area (Å²) in [5, 5.41) is 1.25. The van der Waals surface area contributed by atoms with Gasteiger partial charge in [-0.1, -0.05) is 33.0 Å². The number of thiophene rings is 1. The summed E-state index contributed by atoms with van der Waals surface area (Å²) >= 11 is 7.54. The van der Waals surface area contributed by atoms with Crippen molar-refractivity contribution in [3.8, 4) is 0 Å². The highest BCUT2D eigenvalue weighted by atomic mass is 32.1. The van der Waals surface area contributed by atoms with Crippen LogP contribution in [0.3, 0.4) is 0 Å². The van der Waals surface area contributed by atoms with Gasteiger partial charge in [0.25, 0.3) is 0 Å². The Labute approximate surface area is 135 Å². The average molecular weight is 319 g/mol. The molecule has 21 heavy (non-hydrogen) atoms. The molecule has 0 unspecified atom stereocenters. The van der Waals surface area contributed by atoms with Crippen LogP contribution in [0.4, 0.5) is 0 Å². The second kappa shape index (κ2) is 4.63. The topological polar surface area (TPSA) is 28.7 Å². The summed E-state index contributed by atoms with van der Waals surface area (Å²) in [6, 6.07) is 0. The lowest BCUT2D eigenvalue weighted by molar-refractivity contribution is 0.218. The molecule has 2 nitrogen and oxygen atoms in total. The third-order valence-corrected chi connectivity index (χ3v) is 6.58. The molecule has 2 aromatic rings. The van der Waals surface area contributed by atoms with Crippen molar-refractivity contribution in [3.05, 3.63) is 20.9 Å². The summed E-state index contributed by atoms with van der Waals surface area (Å²) < 4.78 is 0.925. The summed E-state index contributed by atoms with van der Waals surface area (Å²) in [6.45, 7) is 7.10. The molecule has 1 N–H and O–H groups in total. The van der Waals surface area contributed by atoms with E-state index in [1.807, 2.05) is 11.3 Å². The lowest BCUT2D eigenvalue weighted by atomic mass is 9.72. The van der Waals surface area contributed by atoms with Crippen molar-refractivity contribution in [3.63, 3.8) is 0 Å². The average Bonchev–Trinajstić information content (AvgIpc) is 3.17. The van der Waals surface area contributed by atoms with E-state index in [-0.39, 0.29) is 0 Å². The number of fused-ring (bicyclic) bond motifs is 3. The van der Waals surface area contributed by atoms with Gasteiger partial charge in [-0.15, -0.1) is 11.3 Å². The van der Waals surface area contributed by atoms with Gasteiger partial charge < -0.3 is 4.98 Å². The molecule has 2 aromatic heterocycles. The third kappa shape index (κ3) is 2.36. The molecule has 0 spiro atoms. The summed E-state index contributed by atoms with van der Waals surface area (Å²) in [7, 11) is 0. The summed E-state index contributed by atoms with van der Waals surface area (Å²) in [5.41, 5.74) is 1.88. The van der Waals surface area contributed by atoms with Crippen molar-refractivity contribution in [2.45, 2.75) is 58.8 Å². The van der Waals surface area contributed by atoms with Crippen LogP contribution in [0.15, 0.2) is 0 Å². The number of nitrogens with zero attached hydrogens (tertiary/aromatic N) is 1. The minimum Gasteiger partial charge on any atom is -0.334 e. The second-order valence-corrected chi connectivity index (χ2v) is 9.21. The van der Waals surface area contributed by atoms with Crippen molar-refractivity contribution in [1.29, 1.82) is 0 Å². The maximum Gasteiger partial charge on any atom is 0.128 e. The zero-order valence-corrected chi connectivity index (χ0v) is 14.6. The standard InChI is InChI=1S/C17H22N2S2/c1-17(2,3)10-6-7-11-12(8-10)21-16-13(11)15(20)18-14(19-16)9-4-5-9/h9-10H,4-8H2,1-3H3,(H,18,19,20)/t10-/m1/s1. The molecule has 1 atom stereocenters. The van der Waals surface area contributed by atoms with Gasteiger partial charge in [0.2, 0.25) is 0 Å². The van der Waals surface area contributed by atoms with Crippen LogP contribution in [-0.2, 0) is 12.8 Å². The van der Waals surface area contributed by atoms with Crippen LogP contribution in [0.1, 0.15) is 62.2 Å². The summed E-state index contributed by atoms with van der Waals surface area (Å²) in [5.74, 6) is 2.54. The van der Waals surface area contributed by atoms with Gasteiger partial charge in [-0.05, 0) is 49.0 Å². The first-order valence-electron chi connectivity index (χ1n) is 7.98. The number of aromatic nitrogens is 2. The Hall–Kier alpha value is -0.740. The Bertz CT molecular complexity index is 759. The van der Waals surface area contributed by atoms with Crippen molar-refractivity contribution in [2.75, 3.05) is 0 Å². The molecule has 0 saturated heterocycles. The van der Waals surface area contributed by atoms with Gasteiger partial charge in [-0.25, -0.2) is 4.98 Å². The normalized spacial score (nSPS) is 22.5. The van der Waals surface area contributed by atoms with E-state index in [9.17, 15) is 0 Å². The first-order chi connectivity index (χ1) is 9.93. The Morgan fingerprint density at radius 2 is 2.00 bits per heavy atom. The quantitative estimate of drug-likeness (QED) is 0.715. The molecule has 0 amide bonds. The molecule has 2 aliphatic carbocycles. The van der Waals surface area contributed by atoms with Gasteiger partial charge in [0, 0.05) is 16.2 Å². The number of nitrogens with one attached hydrogen (secondary N) is 1. The predicted octanol–water partition coefficient (Wildman–Crippen LogP) is 5.38. The molecule has 1 saturated carbocycles. The summed E-state index contributed by atoms with van der Waals surface area (Å²) in [6.07, 6.45) is 6.18. The fraction of sp³-hybridized carbons (Fsp3) is 0.647. The van der Waals surface area contributed by atoms with Gasteiger partial charge >= 0.3 is 0 Å². The minimum absolute atomic E-state index is 0.392. The second-order valence-electron chi connectivity index (χ2n) is 7.72. The van der Waals surface area contributed by atoms with Crippen molar-refractivity contribution in [1.82, 2.24) is 9.97 Å². The van der Waals surface area contributed by atoms with Crippen LogP contribution in [0, 0.1) is 16.0 Å². The summed E-state index contributed by atoms with van der Waals surface area (Å²) in [4.78, 5) is 11.0. The van der Waals surface area contributed by atoms with E-state index in [4.69, 9.17) is 17.2 Å². The van der Waals surface area contributed by atoms with Gasteiger partial charge in [-0.3, -0.25) is 0 Å². The van der Waals surface area contributed by atoms with Crippen LogP contribution in [0.5, 0.6) is 0 Å². The minimum atomic E-state index is 0.392. The third-order valence-electron chi connectivity index (χ3n) is 5.13. The van der Waals surface area contributed by atoms with Gasteiger partial charge in [0.15, 0.2) is 0 Å². The van der Waals surface area contributed by atoms with Gasteiger partial charge in [0.1, 0.15) is 15.3 Å². The van der Waals surface area contributed by atoms with E-state index in [0.717, 1.165) is 16.4 Å². The molecule has 1 fully saturated rings. The number of aromatic amines is 1. The highest BCUT2D eigenvalue weighted by molar-refractivity contribution is 7.71. The molecular weight excluding hydrogens is 296 g/mol. The van der Waals surface area contributed by atoms with Crippen molar-refractivity contribution < 1.29 is 0 Å². The molecule has 0 radical (unpaired) electrons. The zero-order valence-electron chi connectivity index (χ0n) is 13.0. The van der Waals surface area contributed by atoms with E-state index >= 15 is 0 Å². The first kappa shape index (κ1) is 13.9. The monoisotopic (exact) mass is 318 g/mol. The smallest absolute Gasteiger partial charge is 0.128 e. The van der Waals surface area contributed by atoms with Crippen LogP contribution >= 0.6 is 23.6 Å². The number of H-pyrrole nitrogens is 1. The molecule has 0 aromatic carbocycles. The number of aryl methyl sites for hydroxylation is 1. The van der Waals surface area contributed by atoms with Gasteiger partial charge in [0.05, 0.1) is 0 Å². The number of hydrogen-bond donors (Lipinski definition) is 1. The molecule has 2 aliphatic rings. The Kier molecular flexibility index (Phi) is 3.06. The number of hydrogen-bond acceptors (Lipinski definition) is 3. The van der Waals surface area contributed by atoms with Crippen LogP contribution < -0.4 is 0 Å². The lowest BCUT2D eigenvalue weighted by Crippen LogP contribution is -2.26. The van der Waals surface area contributed by atoms with Crippen LogP contribution in [-0.4, -0.2) is 9.97 Å². The van der Waals surface area contributed by atoms with E-state index in [2.05, 4.69) is 25.8 Å². The molecule has 2 heterocycles. The maximum atomic E-state index is 5.64. The highest BCUT2D eigenvalue weighted by Crippen LogP contribution is 2.44. The Morgan fingerprint density at radius 3 is 2.67 bits per heavy atom. The fourth-order valence-electron chi connectivity index (χ4n) is 3.49. The SMILES string of the molecule is CC(C)(C)[C@@H]1CCc2c(sc3nc(C4CC4)[nH]c(=S)c23)C1. The van der Waals surface area contributed by atoms with E-state index in [0.29, 0.717) is 11.3 Å². The van der Waals surface area contributed by atoms with Gasteiger partial charge in [-0.2, -0.15) is 0 Å². The molecule has 4 heteroatoms. The van der Waals surface area contributed by atoms with Crippen molar-refractivity contribution >= 4 is 33.8 Å². The van der Waals surface area contributed by atoms with Crippen LogP contribution in [0.2, 0.25) is 0 Å². The molecule has 0 aliphatic heterocycles. The van der Waals surface area contributed by atoms with E-state index in [1.165, 1.54) is 52.8 Å². The maximum absolute atomic E-state index is 5.64. The Morgan fingerprint density at radius 1 is 1.24 bits per heavy atom. The largest absolute Gasteiger partial charge is 0.334 e. The first-order valence-corrected chi connectivity index (χ1v) is 9.20.